The Kier molecular flexibility index (Phi) is 3.79. The lowest BCUT2D eigenvalue weighted by Crippen LogP contribution is -2.29. The Morgan fingerprint density at radius 3 is 2.91 bits per heavy atom. The van der Waals surface area contributed by atoms with Crippen molar-refractivity contribution in [1.82, 2.24) is 19.4 Å². The van der Waals surface area contributed by atoms with Crippen molar-refractivity contribution >= 4 is 17.1 Å². The molecule has 5 heteroatoms. The first-order chi connectivity index (χ1) is 11.2. The van der Waals surface area contributed by atoms with E-state index in [4.69, 9.17) is 4.98 Å². The summed E-state index contributed by atoms with van der Waals surface area (Å²) in [6.45, 7) is 1.68. The monoisotopic (exact) mass is 312 g/mol. The molecule has 0 radical (unpaired) electrons. The number of nitrogens with zero attached hydrogens (tertiary/aromatic N) is 4. The van der Waals surface area contributed by atoms with E-state index in [0.29, 0.717) is 17.7 Å². The summed E-state index contributed by atoms with van der Waals surface area (Å²) in [6.07, 6.45) is 8.63. The molecular weight excluding hydrogens is 288 g/mol. The third-order valence-electron chi connectivity index (χ3n) is 5.51. The topological polar surface area (TPSA) is 51.0 Å². The number of carbonyl (C=O) groups is 1. The zero-order chi connectivity index (χ0) is 15.8. The lowest BCUT2D eigenvalue weighted by Gasteiger charge is -2.18. The zero-order valence-corrected chi connectivity index (χ0v) is 13.7. The van der Waals surface area contributed by atoms with E-state index in [2.05, 4.69) is 14.5 Å². The van der Waals surface area contributed by atoms with Gasteiger partial charge in [0.25, 0.3) is 0 Å². The van der Waals surface area contributed by atoms with Gasteiger partial charge < -0.3 is 9.47 Å². The molecule has 0 aromatic carbocycles. The van der Waals surface area contributed by atoms with Crippen molar-refractivity contribution in [2.45, 2.75) is 44.4 Å². The third-order valence-corrected chi connectivity index (χ3v) is 5.51. The van der Waals surface area contributed by atoms with Crippen LogP contribution in [0.3, 0.4) is 0 Å². The van der Waals surface area contributed by atoms with E-state index in [1.54, 1.807) is 6.20 Å². The lowest BCUT2D eigenvalue weighted by molar-refractivity contribution is -0.131. The summed E-state index contributed by atoms with van der Waals surface area (Å²) < 4.78 is 2.09. The van der Waals surface area contributed by atoms with E-state index in [0.717, 1.165) is 42.9 Å². The molecule has 1 saturated heterocycles. The molecule has 2 aromatic rings. The maximum atomic E-state index is 12.5. The van der Waals surface area contributed by atoms with Crippen molar-refractivity contribution < 1.29 is 4.79 Å². The Balaban J connectivity index is 1.46. The van der Waals surface area contributed by atoms with Gasteiger partial charge in [-0.25, -0.2) is 9.97 Å². The van der Waals surface area contributed by atoms with Crippen molar-refractivity contribution in [2.75, 3.05) is 13.1 Å². The minimum absolute atomic E-state index is 0.335. The number of aromatic nitrogens is 3. The van der Waals surface area contributed by atoms with Crippen LogP contribution in [0, 0.1) is 5.92 Å². The number of amides is 1. The number of rotatable bonds is 3. The van der Waals surface area contributed by atoms with Crippen LogP contribution in [0.1, 0.15) is 50.3 Å². The lowest BCUT2D eigenvalue weighted by atomic mass is 10.0. The maximum Gasteiger partial charge on any atom is 0.222 e. The van der Waals surface area contributed by atoms with Crippen LogP contribution < -0.4 is 0 Å². The predicted molar refractivity (Wildman–Crippen MR) is 89.0 cm³/mol. The Morgan fingerprint density at radius 1 is 1.30 bits per heavy atom. The molecule has 0 unspecified atom stereocenters. The molecule has 0 N–H and O–H groups in total. The van der Waals surface area contributed by atoms with Crippen LogP contribution in [0.4, 0.5) is 0 Å². The molecule has 1 aliphatic carbocycles. The minimum atomic E-state index is 0.335. The first kappa shape index (κ1) is 14.7. The standard InChI is InChI=1S/C18H24N4O/c1-21-17(20-15-7-4-9-19-18(15)21)14-8-10-22(12-14)16(23)11-13-5-2-3-6-13/h4,7,9,13-14H,2-3,5-6,8,10-12H2,1H3/t14-/m0/s1. The van der Waals surface area contributed by atoms with Gasteiger partial charge in [0.05, 0.1) is 0 Å². The Bertz CT molecular complexity index is 717. The van der Waals surface area contributed by atoms with Crippen LogP contribution in [0.25, 0.3) is 11.2 Å². The number of hydrogen-bond donors (Lipinski definition) is 0. The van der Waals surface area contributed by atoms with Crippen LogP contribution in [0.5, 0.6) is 0 Å². The van der Waals surface area contributed by atoms with E-state index >= 15 is 0 Å². The smallest absolute Gasteiger partial charge is 0.222 e. The number of carbonyl (C=O) groups excluding carboxylic acids is 1. The second-order valence-corrected chi connectivity index (χ2v) is 7.06. The van der Waals surface area contributed by atoms with Gasteiger partial charge in [-0.15, -0.1) is 0 Å². The van der Waals surface area contributed by atoms with Crippen LogP contribution in [-0.2, 0) is 11.8 Å². The van der Waals surface area contributed by atoms with Gasteiger partial charge >= 0.3 is 0 Å². The van der Waals surface area contributed by atoms with Gasteiger partial charge in [0.2, 0.25) is 5.91 Å². The number of imidazole rings is 1. The highest BCUT2D eigenvalue weighted by molar-refractivity contribution is 5.77. The van der Waals surface area contributed by atoms with Crippen LogP contribution in [0.15, 0.2) is 18.3 Å². The van der Waals surface area contributed by atoms with Crippen molar-refractivity contribution in [3.63, 3.8) is 0 Å². The highest BCUT2D eigenvalue weighted by atomic mass is 16.2. The quantitative estimate of drug-likeness (QED) is 0.875. The minimum Gasteiger partial charge on any atom is -0.342 e. The van der Waals surface area contributed by atoms with Gasteiger partial charge in [0.1, 0.15) is 11.3 Å². The summed E-state index contributed by atoms with van der Waals surface area (Å²) in [5.74, 6) is 2.37. The SMILES string of the molecule is Cn1c([C@H]2CCN(C(=O)CC3CCCC3)C2)nc2cccnc21. The van der Waals surface area contributed by atoms with Gasteiger partial charge in [0.15, 0.2) is 5.65 Å². The van der Waals surface area contributed by atoms with E-state index in [1.807, 2.05) is 19.2 Å². The summed E-state index contributed by atoms with van der Waals surface area (Å²) in [4.78, 5) is 23.7. The summed E-state index contributed by atoms with van der Waals surface area (Å²) in [5, 5.41) is 0. The van der Waals surface area contributed by atoms with E-state index in [9.17, 15) is 4.79 Å². The number of pyridine rings is 1. The molecule has 1 atom stereocenters. The number of aryl methyl sites for hydroxylation is 1. The fraction of sp³-hybridized carbons (Fsp3) is 0.611. The van der Waals surface area contributed by atoms with Crippen LogP contribution in [0.2, 0.25) is 0 Å². The van der Waals surface area contributed by atoms with Gasteiger partial charge in [-0.3, -0.25) is 4.79 Å². The van der Waals surface area contributed by atoms with E-state index in [-0.39, 0.29) is 0 Å². The Labute approximate surface area is 136 Å². The van der Waals surface area contributed by atoms with Crippen molar-refractivity contribution in [3.8, 4) is 0 Å². The fourth-order valence-corrected chi connectivity index (χ4v) is 4.19. The third kappa shape index (κ3) is 2.73. The van der Waals surface area contributed by atoms with Crippen molar-refractivity contribution in [3.05, 3.63) is 24.2 Å². The molecule has 122 valence electrons. The van der Waals surface area contributed by atoms with Gasteiger partial charge in [-0.05, 0) is 37.3 Å². The normalized spacial score (nSPS) is 22.3. The molecule has 1 aliphatic heterocycles. The first-order valence-electron chi connectivity index (χ1n) is 8.77. The highest BCUT2D eigenvalue weighted by Gasteiger charge is 2.31. The predicted octanol–water partition coefficient (Wildman–Crippen LogP) is 2.86. The molecule has 3 heterocycles. The average molecular weight is 312 g/mol. The molecule has 23 heavy (non-hydrogen) atoms. The second-order valence-electron chi connectivity index (χ2n) is 7.06. The largest absolute Gasteiger partial charge is 0.342 e. The average Bonchev–Trinajstić information content (AvgIpc) is 3.28. The Morgan fingerprint density at radius 2 is 2.13 bits per heavy atom. The number of fused-ring (bicyclic) bond motifs is 1. The first-order valence-corrected chi connectivity index (χ1v) is 8.77. The molecule has 0 spiro atoms. The molecule has 0 bridgehead atoms. The summed E-state index contributed by atoms with van der Waals surface area (Å²) in [6, 6.07) is 3.93. The van der Waals surface area contributed by atoms with Gasteiger partial charge in [0, 0.05) is 38.7 Å². The molecular formula is C18H24N4O. The van der Waals surface area contributed by atoms with Gasteiger partial charge in [-0.1, -0.05) is 12.8 Å². The highest BCUT2D eigenvalue weighted by Crippen LogP contribution is 2.31. The molecule has 5 nitrogen and oxygen atoms in total. The van der Waals surface area contributed by atoms with Crippen molar-refractivity contribution in [1.29, 1.82) is 0 Å². The Hall–Kier alpha value is -1.91. The maximum absolute atomic E-state index is 12.5. The van der Waals surface area contributed by atoms with Crippen molar-refractivity contribution in [2.24, 2.45) is 13.0 Å². The molecule has 2 aromatic heterocycles. The van der Waals surface area contributed by atoms with Crippen LogP contribution >= 0.6 is 0 Å². The van der Waals surface area contributed by atoms with E-state index in [1.165, 1.54) is 25.7 Å². The van der Waals surface area contributed by atoms with Gasteiger partial charge in [-0.2, -0.15) is 0 Å². The number of likely N-dealkylation sites (tertiary alicyclic amines) is 1. The zero-order valence-electron chi connectivity index (χ0n) is 13.7. The van der Waals surface area contributed by atoms with Crippen LogP contribution in [-0.4, -0.2) is 38.4 Å². The number of hydrogen-bond acceptors (Lipinski definition) is 3. The summed E-state index contributed by atoms with van der Waals surface area (Å²) >= 11 is 0. The molecule has 2 fully saturated rings. The summed E-state index contributed by atoms with van der Waals surface area (Å²) in [5.41, 5.74) is 1.87. The van der Waals surface area contributed by atoms with E-state index < -0.39 is 0 Å². The molecule has 1 saturated carbocycles. The molecule has 4 rings (SSSR count). The second kappa shape index (κ2) is 5.95. The molecule has 1 amide bonds. The summed E-state index contributed by atoms with van der Waals surface area (Å²) in [7, 11) is 2.03. The fourth-order valence-electron chi connectivity index (χ4n) is 4.19. The molecule has 2 aliphatic rings.